The second-order valence-electron chi connectivity index (χ2n) is 7.02. The molecule has 0 aromatic heterocycles. The third kappa shape index (κ3) is 3.43. The molecular formula is C19H29N3O. The molecule has 2 heterocycles. The first kappa shape index (κ1) is 16.5. The van der Waals surface area contributed by atoms with Crippen molar-refractivity contribution in [3.63, 3.8) is 0 Å². The number of likely N-dealkylation sites (tertiary alicyclic amines) is 2. The van der Waals surface area contributed by atoms with Gasteiger partial charge < -0.3 is 9.80 Å². The number of carbonyl (C=O) groups is 1. The van der Waals surface area contributed by atoms with E-state index >= 15 is 0 Å². The molecule has 2 aliphatic heterocycles. The molecule has 1 spiro atoms. The zero-order valence-corrected chi connectivity index (χ0v) is 14.5. The van der Waals surface area contributed by atoms with Crippen molar-refractivity contribution in [3.05, 3.63) is 35.9 Å². The van der Waals surface area contributed by atoms with Gasteiger partial charge in [-0.1, -0.05) is 44.2 Å². The highest BCUT2D eigenvalue weighted by molar-refractivity contribution is 5.90. The van der Waals surface area contributed by atoms with Crippen LogP contribution in [0.2, 0.25) is 0 Å². The summed E-state index contributed by atoms with van der Waals surface area (Å²) in [5, 5.41) is 0. The summed E-state index contributed by atoms with van der Waals surface area (Å²) in [5.74, 6) is 0.390. The average Bonchev–Trinajstić information content (AvgIpc) is 2.55. The number of amides is 1. The molecule has 2 saturated heterocycles. The third-order valence-corrected chi connectivity index (χ3v) is 5.33. The Labute approximate surface area is 140 Å². The molecule has 4 nitrogen and oxygen atoms in total. The lowest BCUT2D eigenvalue weighted by Gasteiger charge is -2.59. The van der Waals surface area contributed by atoms with E-state index in [2.05, 4.69) is 52.8 Å². The van der Waals surface area contributed by atoms with Gasteiger partial charge in [-0.25, -0.2) is 0 Å². The van der Waals surface area contributed by atoms with Crippen molar-refractivity contribution in [2.24, 2.45) is 5.41 Å². The van der Waals surface area contributed by atoms with Crippen molar-refractivity contribution in [3.8, 4) is 0 Å². The summed E-state index contributed by atoms with van der Waals surface area (Å²) in [5.41, 5.74) is 1.30. The maximum atomic E-state index is 12.5. The van der Waals surface area contributed by atoms with Crippen LogP contribution in [0.5, 0.6) is 0 Å². The van der Waals surface area contributed by atoms with E-state index in [0.29, 0.717) is 5.91 Å². The van der Waals surface area contributed by atoms with Gasteiger partial charge in [0.25, 0.3) is 0 Å². The molecule has 0 atom stereocenters. The van der Waals surface area contributed by atoms with E-state index in [1.807, 2.05) is 6.07 Å². The molecule has 4 heteroatoms. The van der Waals surface area contributed by atoms with Crippen LogP contribution in [0.3, 0.4) is 0 Å². The van der Waals surface area contributed by atoms with Gasteiger partial charge in [-0.2, -0.15) is 0 Å². The highest BCUT2D eigenvalue weighted by Gasteiger charge is 2.58. The normalized spacial score (nSPS) is 20.0. The van der Waals surface area contributed by atoms with E-state index in [9.17, 15) is 4.79 Å². The molecule has 0 saturated carbocycles. The SMILES string of the molecule is CCN(CC)CCCN1CC2(CN(Cc3ccccc3)C2)C1=O. The molecule has 23 heavy (non-hydrogen) atoms. The maximum Gasteiger partial charge on any atom is 0.233 e. The Morgan fingerprint density at radius 3 is 2.39 bits per heavy atom. The minimum absolute atomic E-state index is 0.0377. The van der Waals surface area contributed by atoms with Crippen LogP contribution in [-0.4, -0.2) is 66.4 Å². The Kier molecular flexibility index (Phi) is 5.02. The summed E-state index contributed by atoms with van der Waals surface area (Å²) in [6.07, 6.45) is 1.09. The molecule has 1 aromatic rings. The van der Waals surface area contributed by atoms with Crippen LogP contribution in [0.4, 0.5) is 0 Å². The Bertz CT molecular complexity index is 521. The van der Waals surface area contributed by atoms with Crippen LogP contribution in [0.1, 0.15) is 25.8 Å². The number of hydrogen-bond acceptors (Lipinski definition) is 3. The molecule has 1 aromatic carbocycles. The quantitative estimate of drug-likeness (QED) is 0.687. The molecule has 126 valence electrons. The molecule has 0 aliphatic carbocycles. The van der Waals surface area contributed by atoms with E-state index in [1.165, 1.54) is 5.56 Å². The molecule has 0 bridgehead atoms. The molecule has 0 N–H and O–H groups in total. The second kappa shape index (κ2) is 7.02. The maximum absolute atomic E-state index is 12.5. The third-order valence-electron chi connectivity index (χ3n) is 5.33. The zero-order chi connectivity index (χ0) is 16.3. The standard InChI is InChI=1S/C19H29N3O/c1-3-20(4-2)11-8-12-22-16-19(18(22)23)14-21(15-19)13-17-9-6-5-7-10-17/h5-7,9-10H,3-4,8,11-16H2,1-2H3. The van der Waals surface area contributed by atoms with Crippen LogP contribution in [0.15, 0.2) is 30.3 Å². The average molecular weight is 315 g/mol. The van der Waals surface area contributed by atoms with E-state index in [0.717, 1.165) is 58.8 Å². The lowest BCUT2D eigenvalue weighted by Crippen LogP contribution is -2.75. The fourth-order valence-corrected chi connectivity index (χ4v) is 3.95. The predicted molar refractivity (Wildman–Crippen MR) is 93.1 cm³/mol. The largest absolute Gasteiger partial charge is 0.341 e. The zero-order valence-electron chi connectivity index (χ0n) is 14.5. The second-order valence-corrected chi connectivity index (χ2v) is 7.02. The van der Waals surface area contributed by atoms with Gasteiger partial charge in [-0.3, -0.25) is 9.69 Å². The summed E-state index contributed by atoms with van der Waals surface area (Å²) >= 11 is 0. The summed E-state index contributed by atoms with van der Waals surface area (Å²) in [7, 11) is 0. The number of benzene rings is 1. The lowest BCUT2D eigenvalue weighted by molar-refractivity contribution is -0.179. The van der Waals surface area contributed by atoms with Gasteiger partial charge in [-0.05, 0) is 31.6 Å². The molecule has 2 aliphatic rings. The minimum atomic E-state index is -0.0377. The van der Waals surface area contributed by atoms with Gasteiger partial charge in [0.15, 0.2) is 0 Å². The van der Waals surface area contributed by atoms with Crippen molar-refractivity contribution in [1.82, 2.24) is 14.7 Å². The first-order chi connectivity index (χ1) is 11.2. The van der Waals surface area contributed by atoms with Gasteiger partial charge in [-0.15, -0.1) is 0 Å². The Morgan fingerprint density at radius 1 is 1.09 bits per heavy atom. The van der Waals surface area contributed by atoms with Crippen LogP contribution in [0, 0.1) is 5.41 Å². The van der Waals surface area contributed by atoms with Crippen LogP contribution in [0.25, 0.3) is 0 Å². The first-order valence-electron chi connectivity index (χ1n) is 8.95. The number of rotatable bonds is 8. The number of carbonyl (C=O) groups excluding carboxylic acids is 1. The van der Waals surface area contributed by atoms with Crippen LogP contribution in [-0.2, 0) is 11.3 Å². The minimum Gasteiger partial charge on any atom is -0.341 e. The monoisotopic (exact) mass is 315 g/mol. The molecule has 0 radical (unpaired) electrons. The van der Waals surface area contributed by atoms with Gasteiger partial charge >= 0.3 is 0 Å². The topological polar surface area (TPSA) is 26.8 Å². The summed E-state index contributed by atoms with van der Waals surface area (Å²) < 4.78 is 0. The van der Waals surface area contributed by atoms with Crippen LogP contribution < -0.4 is 0 Å². The molecular weight excluding hydrogens is 286 g/mol. The smallest absolute Gasteiger partial charge is 0.233 e. The lowest BCUT2D eigenvalue weighted by atomic mass is 9.71. The van der Waals surface area contributed by atoms with E-state index in [-0.39, 0.29) is 5.41 Å². The van der Waals surface area contributed by atoms with Crippen molar-refractivity contribution in [1.29, 1.82) is 0 Å². The summed E-state index contributed by atoms with van der Waals surface area (Å²) in [4.78, 5) is 19.3. The van der Waals surface area contributed by atoms with E-state index in [4.69, 9.17) is 0 Å². The predicted octanol–water partition coefficient (Wildman–Crippen LogP) is 2.06. The van der Waals surface area contributed by atoms with Gasteiger partial charge in [0, 0.05) is 32.7 Å². The summed E-state index contributed by atoms with van der Waals surface area (Å²) in [6.45, 7) is 12.4. The van der Waals surface area contributed by atoms with Crippen molar-refractivity contribution in [2.45, 2.75) is 26.8 Å². The number of β-lactam (4-membered cyclic amide) rings is 1. The highest BCUT2D eigenvalue weighted by atomic mass is 16.2. The van der Waals surface area contributed by atoms with E-state index < -0.39 is 0 Å². The Balaban J connectivity index is 1.37. The van der Waals surface area contributed by atoms with E-state index in [1.54, 1.807) is 0 Å². The van der Waals surface area contributed by atoms with Crippen molar-refractivity contribution < 1.29 is 4.79 Å². The fraction of sp³-hybridized carbons (Fsp3) is 0.632. The fourth-order valence-electron chi connectivity index (χ4n) is 3.95. The molecule has 0 unspecified atom stereocenters. The van der Waals surface area contributed by atoms with Crippen molar-refractivity contribution >= 4 is 5.91 Å². The molecule has 2 fully saturated rings. The Hall–Kier alpha value is -1.39. The number of nitrogens with zero attached hydrogens (tertiary/aromatic N) is 3. The summed E-state index contributed by atoms with van der Waals surface area (Å²) in [6, 6.07) is 10.5. The van der Waals surface area contributed by atoms with Crippen LogP contribution >= 0.6 is 0 Å². The van der Waals surface area contributed by atoms with Gasteiger partial charge in [0.2, 0.25) is 5.91 Å². The van der Waals surface area contributed by atoms with Gasteiger partial charge in [0.05, 0.1) is 5.41 Å². The highest BCUT2D eigenvalue weighted by Crippen LogP contribution is 2.41. The van der Waals surface area contributed by atoms with Gasteiger partial charge in [0.1, 0.15) is 0 Å². The first-order valence-corrected chi connectivity index (χ1v) is 8.95. The molecule has 1 amide bonds. The molecule has 3 rings (SSSR count). The Morgan fingerprint density at radius 2 is 1.78 bits per heavy atom. The van der Waals surface area contributed by atoms with Crippen molar-refractivity contribution in [2.75, 3.05) is 45.8 Å². The number of hydrogen-bond donors (Lipinski definition) is 0.